The van der Waals surface area contributed by atoms with E-state index in [-0.39, 0.29) is 5.91 Å². The van der Waals surface area contributed by atoms with E-state index in [0.717, 1.165) is 36.6 Å². The fraction of sp³-hybridized carbons (Fsp3) is 0.429. The summed E-state index contributed by atoms with van der Waals surface area (Å²) in [6.45, 7) is 3.56. The molecule has 1 saturated heterocycles. The molecule has 0 radical (unpaired) electrons. The molecule has 1 aliphatic rings. The van der Waals surface area contributed by atoms with Gasteiger partial charge >= 0.3 is 0 Å². The number of carbonyl (C=O) groups excluding carboxylic acids is 1. The minimum absolute atomic E-state index is 0.0111. The van der Waals surface area contributed by atoms with Crippen LogP contribution in [0.25, 0.3) is 0 Å². The van der Waals surface area contributed by atoms with Gasteiger partial charge in [0.25, 0.3) is 5.91 Å². The van der Waals surface area contributed by atoms with Crippen LogP contribution in [-0.2, 0) is 0 Å². The predicted octanol–water partition coefficient (Wildman–Crippen LogP) is 3.06. The maximum Gasteiger partial charge on any atom is 0.289 e. The van der Waals surface area contributed by atoms with E-state index in [4.69, 9.17) is 4.42 Å². The molecule has 0 bridgehead atoms. The zero-order chi connectivity index (χ0) is 13.2. The Kier molecular flexibility index (Phi) is 3.38. The lowest BCUT2D eigenvalue weighted by molar-refractivity contribution is 0.0675. The van der Waals surface area contributed by atoms with Crippen molar-refractivity contribution in [2.24, 2.45) is 0 Å². The summed E-state index contributed by atoms with van der Waals surface area (Å²) < 4.78 is 5.19. The fourth-order valence-corrected chi connectivity index (χ4v) is 3.40. The van der Waals surface area contributed by atoms with Crippen LogP contribution in [0.3, 0.4) is 0 Å². The van der Waals surface area contributed by atoms with Gasteiger partial charge in [0, 0.05) is 30.1 Å². The lowest BCUT2D eigenvalue weighted by Gasteiger charge is -2.31. The molecule has 1 fully saturated rings. The molecular weight excluding hydrogens is 260 g/mol. The number of amides is 1. The number of piperidine rings is 1. The number of aromatic nitrogens is 1. The molecule has 0 spiro atoms. The van der Waals surface area contributed by atoms with Crippen LogP contribution >= 0.6 is 11.3 Å². The second kappa shape index (κ2) is 5.17. The Bertz CT molecular complexity index is 562. The van der Waals surface area contributed by atoms with Crippen LogP contribution < -0.4 is 0 Å². The Morgan fingerprint density at radius 3 is 3.16 bits per heavy atom. The van der Waals surface area contributed by atoms with Crippen molar-refractivity contribution in [1.29, 1.82) is 0 Å². The number of thiazole rings is 1. The summed E-state index contributed by atoms with van der Waals surface area (Å²) in [5.74, 6) is 0.783. The maximum absolute atomic E-state index is 12.3. The van der Waals surface area contributed by atoms with E-state index in [0.29, 0.717) is 11.7 Å². The van der Waals surface area contributed by atoms with E-state index < -0.39 is 0 Å². The van der Waals surface area contributed by atoms with E-state index in [1.54, 1.807) is 29.7 Å². The first kappa shape index (κ1) is 12.4. The highest BCUT2D eigenvalue weighted by Gasteiger charge is 2.28. The second-order valence-corrected chi connectivity index (χ2v) is 5.78. The summed E-state index contributed by atoms with van der Waals surface area (Å²) in [7, 11) is 0. The smallest absolute Gasteiger partial charge is 0.289 e. The highest BCUT2D eigenvalue weighted by Crippen LogP contribution is 2.29. The average molecular weight is 276 g/mol. The van der Waals surface area contributed by atoms with Crippen LogP contribution in [0.2, 0.25) is 0 Å². The topological polar surface area (TPSA) is 46.3 Å². The van der Waals surface area contributed by atoms with Gasteiger partial charge in [-0.15, -0.1) is 11.3 Å². The van der Waals surface area contributed by atoms with Gasteiger partial charge in [0.2, 0.25) is 0 Å². The molecule has 4 nitrogen and oxygen atoms in total. The van der Waals surface area contributed by atoms with Crippen molar-refractivity contribution in [2.75, 3.05) is 13.1 Å². The first-order valence-corrected chi connectivity index (χ1v) is 7.37. The van der Waals surface area contributed by atoms with Crippen LogP contribution in [0.5, 0.6) is 0 Å². The summed E-state index contributed by atoms with van der Waals surface area (Å²) in [6.07, 6.45) is 3.67. The molecule has 1 amide bonds. The first-order valence-electron chi connectivity index (χ1n) is 6.49. The largest absolute Gasteiger partial charge is 0.459 e. The Labute approximate surface area is 116 Å². The second-order valence-electron chi connectivity index (χ2n) is 4.89. The Hall–Kier alpha value is -1.62. The molecule has 0 N–H and O–H groups in total. The Morgan fingerprint density at radius 2 is 2.47 bits per heavy atom. The summed E-state index contributed by atoms with van der Waals surface area (Å²) in [4.78, 5) is 18.7. The molecule has 5 heteroatoms. The van der Waals surface area contributed by atoms with Crippen molar-refractivity contribution in [1.82, 2.24) is 9.88 Å². The number of hydrogen-bond donors (Lipinski definition) is 0. The van der Waals surface area contributed by atoms with Crippen molar-refractivity contribution in [3.63, 3.8) is 0 Å². The predicted molar refractivity (Wildman–Crippen MR) is 73.4 cm³/mol. The van der Waals surface area contributed by atoms with E-state index >= 15 is 0 Å². The lowest BCUT2D eigenvalue weighted by Crippen LogP contribution is -2.38. The van der Waals surface area contributed by atoms with Crippen molar-refractivity contribution >= 4 is 17.2 Å². The standard InChI is InChI=1S/C14H16N2O2S/c1-10-9-19-13(15-10)11-4-2-6-16(8-11)14(17)12-5-3-7-18-12/h3,5,7,9,11H,2,4,6,8H2,1H3/t11-/m0/s1. The number of likely N-dealkylation sites (tertiary alicyclic amines) is 1. The van der Waals surface area contributed by atoms with Crippen LogP contribution in [0.15, 0.2) is 28.2 Å². The van der Waals surface area contributed by atoms with Gasteiger partial charge in [-0.3, -0.25) is 4.79 Å². The van der Waals surface area contributed by atoms with E-state index in [1.807, 2.05) is 11.8 Å². The summed E-state index contributed by atoms with van der Waals surface area (Å²) in [6, 6.07) is 3.47. The number of furan rings is 1. The normalized spacial score (nSPS) is 19.6. The molecule has 0 aliphatic carbocycles. The average Bonchev–Trinajstić information content (AvgIpc) is 3.09. The van der Waals surface area contributed by atoms with Gasteiger partial charge in [-0.25, -0.2) is 4.98 Å². The number of rotatable bonds is 2. The molecule has 1 aliphatic heterocycles. The number of carbonyl (C=O) groups is 1. The third-order valence-corrected chi connectivity index (χ3v) is 4.55. The quantitative estimate of drug-likeness (QED) is 0.847. The molecule has 100 valence electrons. The number of nitrogens with zero attached hydrogens (tertiary/aromatic N) is 2. The Morgan fingerprint density at radius 1 is 1.58 bits per heavy atom. The van der Waals surface area contributed by atoms with Gasteiger partial charge in [-0.05, 0) is 31.9 Å². The molecule has 1 atom stereocenters. The molecule has 19 heavy (non-hydrogen) atoms. The van der Waals surface area contributed by atoms with Gasteiger partial charge in [0.05, 0.1) is 11.3 Å². The number of aryl methyl sites for hydroxylation is 1. The van der Waals surface area contributed by atoms with E-state index in [2.05, 4.69) is 10.4 Å². The van der Waals surface area contributed by atoms with Crippen molar-refractivity contribution in [3.8, 4) is 0 Å². The van der Waals surface area contributed by atoms with Crippen LogP contribution in [0, 0.1) is 6.92 Å². The molecule has 0 saturated carbocycles. The molecule has 3 heterocycles. The molecule has 3 rings (SSSR count). The van der Waals surface area contributed by atoms with Gasteiger partial charge in [-0.1, -0.05) is 0 Å². The molecule has 0 aromatic carbocycles. The third-order valence-electron chi connectivity index (χ3n) is 3.43. The zero-order valence-electron chi connectivity index (χ0n) is 10.8. The molecule has 2 aromatic heterocycles. The molecule has 2 aromatic rings. The molecule has 0 unspecified atom stereocenters. The van der Waals surface area contributed by atoms with Gasteiger partial charge < -0.3 is 9.32 Å². The minimum atomic E-state index is -0.0111. The summed E-state index contributed by atoms with van der Waals surface area (Å²) >= 11 is 1.69. The third kappa shape index (κ3) is 2.56. The van der Waals surface area contributed by atoms with Crippen LogP contribution in [0.4, 0.5) is 0 Å². The lowest BCUT2D eigenvalue weighted by atomic mass is 9.98. The SMILES string of the molecule is Cc1csc([C@H]2CCCN(C(=O)c3ccco3)C2)n1. The number of hydrogen-bond acceptors (Lipinski definition) is 4. The highest BCUT2D eigenvalue weighted by atomic mass is 32.1. The van der Waals surface area contributed by atoms with Gasteiger partial charge in [0.1, 0.15) is 0 Å². The van der Waals surface area contributed by atoms with Gasteiger partial charge in [-0.2, -0.15) is 0 Å². The Balaban J connectivity index is 1.73. The zero-order valence-corrected chi connectivity index (χ0v) is 11.7. The first-order chi connectivity index (χ1) is 9.24. The van der Waals surface area contributed by atoms with E-state index in [1.165, 1.54) is 0 Å². The van der Waals surface area contributed by atoms with Crippen LogP contribution in [-0.4, -0.2) is 28.9 Å². The fourth-order valence-electron chi connectivity index (χ4n) is 2.48. The van der Waals surface area contributed by atoms with E-state index in [9.17, 15) is 4.79 Å². The van der Waals surface area contributed by atoms with Crippen molar-refractivity contribution in [3.05, 3.63) is 40.2 Å². The van der Waals surface area contributed by atoms with Crippen LogP contribution in [0.1, 0.15) is 40.0 Å². The summed E-state index contributed by atoms with van der Waals surface area (Å²) in [5.41, 5.74) is 1.06. The van der Waals surface area contributed by atoms with Crippen molar-refractivity contribution < 1.29 is 9.21 Å². The maximum atomic E-state index is 12.3. The highest BCUT2D eigenvalue weighted by molar-refractivity contribution is 7.09. The molecular formula is C14H16N2O2S. The summed E-state index contributed by atoms with van der Waals surface area (Å²) in [5, 5.41) is 3.22. The minimum Gasteiger partial charge on any atom is -0.459 e. The van der Waals surface area contributed by atoms with Crippen molar-refractivity contribution in [2.45, 2.75) is 25.7 Å². The monoisotopic (exact) mass is 276 g/mol. The van der Waals surface area contributed by atoms with Gasteiger partial charge in [0.15, 0.2) is 5.76 Å².